The largest absolute Gasteiger partial charge is 0.489 e. The van der Waals surface area contributed by atoms with Crippen LogP contribution in [0.2, 0.25) is 0 Å². The highest BCUT2D eigenvalue weighted by Gasteiger charge is 2.26. The summed E-state index contributed by atoms with van der Waals surface area (Å²) >= 11 is 0. The number of carbonyl (C=O) groups is 1. The van der Waals surface area contributed by atoms with E-state index in [1.54, 1.807) is 35.5 Å². The number of rotatable bonds is 6. The third-order valence-corrected chi connectivity index (χ3v) is 6.06. The molecule has 3 aromatic rings. The minimum absolute atomic E-state index is 0. The number of amides is 1. The molecule has 2 aromatic heterocycles. The zero-order chi connectivity index (χ0) is 24.9. The second kappa shape index (κ2) is 11.8. The maximum atomic E-state index is 12.0. The average Bonchev–Trinajstić information content (AvgIpc) is 2.86. The van der Waals surface area contributed by atoms with Crippen LogP contribution in [0.5, 0.6) is 5.75 Å². The van der Waals surface area contributed by atoms with E-state index in [9.17, 15) is 20.4 Å². The lowest BCUT2D eigenvalue weighted by Gasteiger charge is -2.33. The highest BCUT2D eigenvalue weighted by molar-refractivity contribution is 7.59. The Morgan fingerprint density at radius 2 is 2.03 bits per heavy atom. The molecule has 4 rings (SSSR count). The van der Waals surface area contributed by atoms with Gasteiger partial charge in [-0.1, -0.05) is 0 Å². The molecule has 188 valence electrons. The van der Waals surface area contributed by atoms with E-state index in [1.165, 1.54) is 6.92 Å². The molecule has 0 unspecified atom stereocenters. The number of piperidine rings is 1. The van der Waals surface area contributed by atoms with E-state index in [-0.39, 0.29) is 25.5 Å². The normalized spacial score (nSPS) is 14.4. The molecule has 1 fully saturated rings. The molecule has 0 bridgehead atoms. The van der Waals surface area contributed by atoms with Crippen molar-refractivity contribution in [3.05, 3.63) is 71.4 Å². The SMILES string of the molecule is Cc1ccc(Cc2nccc(-c3ccc(OC4CCN(C(=O)[C@H](C)O)CC4)c(C#N)c3)n2)c[n+]1O.S. The number of hydrogen-bond donors (Lipinski definition) is 2. The summed E-state index contributed by atoms with van der Waals surface area (Å²) in [4.78, 5) is 22.6. The lowest BCUT2D eigenvalue weighted by molar-refractivity contribution is -0.909. The highest BCUT2D eigenvalue weighted by Crippen LogP contribution is 2.28. The van der Waals surface area contributed by atoms with E-state index in [0.29, 0.717) is 55.2 Å². The molecule has 2 N–H and O–H groups in total. The molecular weight excluding hydrogens is 478 g/mol. The highest BCUT2D eigenvalue weighted by atomic mass is 32.1. The molecule has 0 radical (unpaired) electrons. The Labute approximate surface area is 217 Å². The molecule has 0 aliphatic carbocycles. The summed E-state index contributed by atoms with van der Waals surface area (Å²) in [5, 5.41) is 29.1. The minimum atomic E-state index is -1.00. The van der Waals surface area contributed by atoms with Crippen molar-refractivity contribution in [2.45, 2.75) is 45.3 Å². The molecule has 1 aliphatic rings. The van der Waals surface area contributed by atoms with Gasteiger partial charge in [0.1, 0.15) is 29.9 Å². The molecule has 1 aliphatic heterocycles. The van der Waals surface area contributed by atoms with Gasteiger partial charge >= 0.3 is 0 Å². The number of hydrogen-bond acceptors (Lipinski definition) is 7. The van der Waals surface area contributed by atoms with Crippen LogP contribution < -0.4 is 9.47 Å². The smallest absolute Gasteiger partial charge is 0.251 e. The van der Waals surface area contributed by atoms with Gasteiger partial charge in [-0.05, 0) is 37.3 Å². The first-order valence-electron chi connectivity index (χ1n) is 11.5. The minimum Gasteiger partial charge on any atom is -0.489 e. The topological polar surface area (TPSA) is 123 Å². The number of aliphatic hydroxyl groups excluding tert-OH is 1. The molecule has 1 aromatic carbocycles. The van der Waals surface area contributed by atoms with E-state index in [0.717, 1.165) is 21.6 Å². The van der Waals surface area contributed by atoms with Gasteiger partial charge in [0, 0.05) is 67.4 Å². The number of ether oxygens (including phenoxy) is 1. The fourth-order valence-corrected chi connectivity index (χ4v) is 4.06. The van der Waals surface area contributed by atoms with Crippen LogP contribution in [0.4, 0.5) is 0 Å². The van der Waals surface area contributed by atoms with E-state index < -0.39 is 6.10 Å². The van der Waals surface area contributed by atoms with E-state index in [2.05, 4.69) is 16.0 Å². The van der Waals surface area contributed by atoms with Gasteiger partial charge < -0.3 is 14.7 Å². The average molecular weight is 509 g/mol. The third-order valence-electron chi connectivity index (χ3n) is 6.06. The Kier molecular flexibility index (Phi) is 8.85. The van der Waals surface area contributed by atoms with Gasteiger partial charge in [-0.15, -0.1) is 0 Å². The van der Waals surface area contributed by atoms with Gasteiger partial charge in [-0.3, -0.25) is 10.0 Å². The number of pyridine rings is 1. The predicted octanol–water partition coefficient (Wildman–Crippen LogP) is 2.30. The van der Waals surface area contributed by atoms with Crippen LogP contribution in [-0.2, 0) is 11.2 Å². The van der Waals surface area contributed by atoms with Gasteiger partial charge in [0.05, 0.1) is 11.3 Å². The molecule has 1 amide bonds. The van der Waals surface area contributed by atoms with Crippen LogP contribution in [0.25, 0.3) is 11.3 Å². The van der Waals surface area contributed by atoms with Crippen LogP contribution in [-0.4, -0.2) is 56.4 Å². The lowest BCUT2D eigenvalue weighted by atomic mass is 10.1. The maximum absolute atomic E-state index is 12.0. The number of aromatic nitrogens is 3. The molecule has 1 atom stereocenters. The number of likely N-dealkylation sites (tertiary alicyclic amines) is 1. The second-order valence-corrected chi connectivity index (χ2v) is 8.70. The summed E-state index contributed by atoms with van der Waals surface area (Å²) < 4.78 is 7.17. The van der Waals surface area contributed by atoms with Crippen molar-refractivity contribution >= 4 is 19.4 Å². The monoisotopic (exact) mass is 508 g/mol. The summed E-state index contributed by atoms with van der Waals surface area (Å²) in [6.07, 6.45) is 3.92. The summed E-state index contributed by atoms with van der Waals surface area (Å²) in [5.41, 5.74) is 3.47. The fourth-order valence-electron chi connectivity index (χ4n) is 4.06. The van der Waals surface area contributed by atoms with E-state index in [4.69, 9.17) is 4.74 Å². The van der Waals surface area contributed by atoms with E-state index in [1.807, 2.05) is 25.1 Å². The standard InChI is InChI=1S/C26H28N5O4.H2S/c1-17-3-4-19(16-31(17)34)13-25-28-10-7-23(29-25)20-5-6-24(21(14-20)15-27)35-22-8-11-30(12-9-22)26(33)18(2)32;/h3-7,10,14,16,18,22,32,34H,8-9,11-13H2,1-2H3;1H2/q+1;/t18-;/m0./s1. The summed E-state index contributed by atoms with van der Waals surface area (Å²) in [7, 11) is 0. The van der Waals surface area contributed by atoms with Crippen LogP contribution in [0.3, 0.4) is 0 Å². The van der Waals surface area contributed by atoms with Crippen molar-refractivity contribution in [2.75, 3.05) is 13.1 Å². The number of aliphatic hydroxyl groups is 1. The molecule has 0 saturated carbocycles. The first kappa shape index (κ1) is 26.9. The lowest BCUT2D eigenvalue weighted by Crippen LogP contribution is -2.45. The zero-order valence-corrected chi connectivity index (χ0v) is 21.3. The van der Waals surface area contributed by atoms with Crippen molar-refractivity contribution < 1.29 is 24.6 Å². The third kappa shape index (κ3) is 6.30. The molecule has 9 nitrogen and oxygen atoms in total. The van der Waals surface area contributed by atoms with Crippen LogP contribution in [0.15, 0.2) is 48.8 Å². The molecular formula is C26H30N5O4S+. The van der Waals surface area contributed by atoms with Crippen molar-refractivity contribution in [1.82, 2.24) is 14.9 Å². The van der Waals surface area contributed by atoms with Crippen molar-refractivity contribution in [2.24, 2.45) is 0 Å². The molecule has 0 spiro atoms. The Balaban J connectivity index is 0.00000361. The summed E-state index contributed by atoms with van der Waals surface area (Å²) in [5.74, 6) is 0.828. The Hall–Kier alpha value is -3.68. The first-order chi connectivity index (χ1) is 16.8. The summed E-state index contributed by atoms with van der Waals surface area (Å²) in [6.45, 7) is 4.30. The molecule has 36 heavy (non-hydrogen) atoms. The Morgan fingerprint density at radius 1 is 1.28 bits per heavy atom. The second-order valence-electron chi connectivity index (χ2n) is 8.70. The van der Waals surface area contributed by atoms with Crippen molar-refractivity contribution in [3.8, 4) is 23.1 Å². The number of benzene rings is 1. The van der Waals surface area contributed by atoms with Gasteiger partial charge in [0.25, 0.3) is 5.91 Å². The Bertz CT molecular complexity index is 1270. The van der Waals surface area contributed by atoms with Gasteiger partial charge in [-0.2, -0.15) is 18.8 Å². The van der Waals surface area contributed by atoms with Crippen molar-refractivity contribution in [1.29, 1.82) is 5.26 Å². The number of nitrogens with zero attached hydrogens (tertiary/aromatic N) is 5. The first-order valence-corrected chi connectivity index (χ1v) is 11.5. The predicted molar refractivity (Wildman–Crippen MR) is 136 cm³/mol. The maximum Gasteiger partial charge on any atom is 0.251 e. The number of nitriles is 1. The zero-order valence-electron chi connectivity index (χ0n) is 20.3. The fraction of sp³-hybridized carbons (Fsp3) is 0.346. The molecule has 10 heteroatoms. The van der Waals surface area contributed by atoms with E-state index >= 15 is 0 Å². The number of carbonyl (C=O) groups excluding carboxylic acids is 1. The van der Waals surface area contributed by atoms with Crippen LogP contribution in [0, 0.1) is 18.3 Å². The quantitative estimate of drug-likeness (QED) is 0.387. The van der Waals surface area contributed by atoms with Crippen LogP contribution >= 0.6 is 13.5 Å². The van der Waals surface area contributed by atoms with Gasteiger partial charge in [-0.25, -0.2) is 9.97 Å². The van der Waals surface area contributed by atoms with Crippen molar-refractivity contribution in [3.63, 3.8) is 0 Å². The van der Waals surface area contributed by atoms with Crippen LogP contribution in [0.1, 0.15) is 42.4 Å². The summed E-state index contributed by atoms with van der Waals surface area (Å²) in [6, 6.07) is 13.1. The number of aryl methyl sites for hydroxylation is 1. The van der Waals surface area contributed by atoms with Gasteiger partial charge in [0.2, 0.25) is 11.9 Å². The van der Waals surface area contributed by atoms with Gasteiger partial charge in [0.15, 0.2) is 0 Å². The molecule has 3 heterocycles. The Morgan fingerprint density at radius 3 is 2.69 bits per heavy atom. The molecule has 1 saturated heterocycles.